The fourth-order valence-electron chi connectivity index (χ4n) is 3.49. The number of likely N-dealkylation sites (tertiary alicyclic amines) is 1. The van der Waals surface area contributed by atoms with Crippen LogP contribution in [-0.4, -0.2) is 86.6 Å². The normalized spacial score (nSPS) is 24.9. The molecule has 2 rings (SSSR count). The first-order chi connectivity index (χ1) is 10.9. The van der Waals surface area contributed by atoms with Gasteiger partial charge in [-0.2, -0.15) is 0 Å². The Kier molecular flexibility index (Phi) is 6.72. The maximum Gasteiger partial charge on any atom is 0.193 e. The summed E-state index contributed by atoms with van der Waals surface area (Å²) in [6, 6.07) is 0. The zero-order valence-electron chi connectivity index (χ0n) is 15.9. The Bertz CT molecular complexity index is 385. The molecule has 1 unspecified atom stereocenters. The quantitative estimate of drug-likeness (QED) is 0.615. The van der Waals surface area contributed by atoms with Crippen molar-refractivity contribution in [3.63, 3.8) is 0 Å². The molecule has 0 aromatic rings. The van der Waals surface area contributed by atoms with Gasteiger partial charge in [0.05, 0.1) is 0 Å². The Balaban J connectivity index is 1.82. The van der Waals surface area contributed by atoms with E-state index < -0.39 is 0 Å². The highest BCUT2D eigenvalue weighted by molar-refractivity contribution is 5.80. The zero-order chi connectivity index (χ0) is 16.9. The van der Waals surface area contributed by atoms with Crippen molar-refractivity contribution in [3.05, 3.63) is 0 Å². The van der Waals surface area contributed by atoms with Gasteiger partial charge >= 0.3 is 0 Å². The van der Waals surface area contributed by atoms with Gasteiger partial charge < -0.3 is 20.0 Å². The lowest BCUT2D eigenvalue weighted by atomic mass is 9.93. The van der Waals surface area contributed by atoms with Gasteiger partial charge in [0.1, 0.15) is 0 Å². The number of nitrogens with zero attached hydrogens (tertiary/aromatic N) is 4. The average Bonchev–Trinajstić information content (AvgIpc) is 2.86. The van der Waals surface area contributed by atoms with Gasteiger partial charge in [-0.25, -0.2) is 0 Å². The lowest BCUT2D eigenvalue weighted by molar-refractivity contribution is 0.140. The number of likely N-dealkylation sites (N-methyl/N-ethyl adjacent to an activating group) is 1. The molecule has 2 aliphatic rings. The number of nitrogens with one attached hydrogen (secondary N) is 1. The van der Waals surface area contributed by atoms with Crippen LogP contribution in [0.15, 0.2) is 4.99 Å². The summed E-state index contributed by atoms with van der Waals surface area (Å²) >= 11 is 0. The minimum absolute atomic E-state index is 0.418. The van der Waals surface area contributed by atoms with Crippen LogP contribution in [0.4, 0.5) is 0 Å². The van der Waals surface area contributed by atoms with Gasteiger partial charge in [0.25, 0.3) is 0 Å². The van der Waals surface area contributed by atoms with Crippen molar-refractivity contribution < 1.29 is 0 Å². The third-order valence-corrected chi connectivity index (χ3v) is 5.03. The predicted molar refractivity (Wildman–Crippen MR) is 99.1 cm³/mol. The van der Waals surface area contributed by atoms with E-state index >= 15 is 0 Å². The van der Waals surface area contributed by atoms with Crippen molar-refractivity contribution in [3.8, 4) is 0 Å². The van der Waals surface area contributed by atoms with Gasteiger partial charge in [-0.05, 0) is 31.7 Å². The summed E-state index contributed by atoms with van der Waals surface area (Å²) in [5.41, 5.74) is 0.418. The highest BCUT2D eigenvalue weighted by atomic mass is 15.3. The molecular weight excluding hydrogens is 286 g/mol. The Labute approximate surface area is 143 Å². The van der Waals surface area contributed by atoms with E-state index in [-0.39, 0.29) is 0 Å². The summed E-state index contributed by atoms with van der Waals surface area (Å²) in [5, 5.41) is 3.48. The van der Waals surface area contributed by atoms with E-state index in [9.17, 15) is 0 Å². The van der Waals surface area contributed by atoms with E-state index in [2.05, 4.69) is 54.8 Å². The van der Waals surface area contributed by atoms with E-state index in [0.29, 0.717) is 11.3 Å². The molecule has 5 heteroatoms. The Morgan fingerprint density at radius 3 is 2.43 bits per heavy atom. The molecule has 1 atom stereocenters. The standard InChI is InChI=1S/C18H37N5/c1-6-19-17(23-8-7-18(3,4)15-23)20-13-16(2)14-22-11-9-21(5)10-12-22/h16H,6-15H2,1-5H3,(H,19,20). The van der Waals surface area contributed by atoms with Crippen molar-refractivity contribution >= 4 is 5.96 Å². The molecule has 5 nitrogen and oxygen atoms in total. The van der Waals surface area contributed by atoms with Crippen LogP contribution in [0.25, 0.3) is 0 Å². The summed E-state index contributed by atoms with van der Waals surface area (Å²) < 4.78 is 0. The first kappa shape index (κ1) is 18.5. The molecule has 23 heavy (non-hydrogen) atoms. The first-order valence-corrected chi connectivity index (χ1v) is 9.34. The minimum atomic E-state index is 0.418. The number of hydrogen-bond donors (Lipinski definition) is 1. The maximum absolute atomic E-state index is 4.94. The van der Waals surface area contributed by atoms with Crippen LogP contribution in [0.5, 0.6) is 0 Å². The van der Waals surface area contributed by atoms with Crippen molar-refractivity contribution in [1.82, 2.24) is 20.0 Å². The molecule has 0 aromatic carbocycles. The molecule has 2 fully saturated rings. The summed E-state index contributed by atoms with van der Waals surface area (Å²) in [4.78, 5) is 12.4. The van der Waals surface area contributed by atoms with Crippen LogP contribution in [0.1, 0.15) is 34.1 Å². The van der Waals surface area contributed by atoms with Gasteiger partial charge in [-0.15, -0.1) is 0 Å². The Morgan fingerprint density at radius 1 is 1.17 bits per heavy atom. The molecule has 0 bridgehead atoms. The molecule has 0 amide bonds. The topological polar surface area (TPSA) is 34.1 Å². The molecule has 0 radical (unpaired) electrons. The van der Waals surface area contributed by atoms with Crippen LogP contribution < -0.4 is 5.32 Å². The molecular formula is C18H37N5. The molecule has 0 spiro atoms. The van der Waals surface area contributed by atoms with Crippen LogP contribution in [0, 0.1) is 11.3 Å². The average molecular weight is 324 g/mol. The highest BCUT2D eigenvalue weighted by Crippen LogP contribution is 2.28. The van der Waals surface area contributed by atoms with Crippen molar-refractivity contribution in [1.29, 1.82) is 0 Å². The fraction of sp³-hybridized carbons (Fsp3) is 0.944. The smallest absolute Gasteiger partial charge is 0.193 e. The van der Waals surface area contributed by atoms with E-state index in [1.807, 2.05) is 0 Å². The van der Waals surface area contributed by atoms with Crippen LogP contribution >= 0.6 is 0 Å². The molecule has 2 aliphatic heterocycles. The number of guanidine groups is 1. The van der Waals surface area contributed by atoms with Gasteiger partial charge in [-0.3, -0.25) is 4.99 Å². The predicted octanol–water partition coefficient (Wildman–Crippen LogP) is 1.57. The van der Waals surface area contributed by atoms with Gasteiger partial charge in [0.15, 0.2) is 5.96 Å². The molecule has 2 heterocycles. The maximum atomic E-state index is 4.94. The minimum Gasteiger partial charge on any atom is -0.357 e. The van der Waals surface area contributed by atoms with E-state index in [0.717, 1.165) is 32.1 Å². The van der Waals surface area contributed by atoms with Crippen molar-refractivity contribution in [2.24, 2.45) is 16.3 Å². The molecule has 2 saturated heterocycles. The third kappa shape index (κ3) is 5.96. The number of aliphatic imine (C=N–C) groups is 1. The van der Waals surface area contributed by atoms with Crippen molar-refractivity contribution in [2.75, 3.05) is 66.0 Å². The van der Waals surface area contributed by atoms with Gasteiger partial charge in [0, 0.05) is 58.9 Å². The van der Waals surface area contributed by atoms with E-state index in [1.165, 1.54) is 39.1 Å². The van der Waals surface area contributed by atoms with Gasteiger partial charge in [0.2, 0.25) is 0 Å². The molecule has 0 aromatic heterocycles. The van der Waals surface area contributed by atoms with E-state index in [4.69, 9.17) is 4.99 Å². The molecule has 134 valence electrons. The van der Waals surface area contributed by atoms with Crippen molar-refractivity contribution in [2.45, 2.75) is 34.1 Å². The zero-order valence-corrected chi connectivity index (χ0v) is 15.9. The van der Waals surface area contributed by atoms with Crippen LogP contribution in [-0.2, 0) is 0 Å². The number of piperazine rings is 1. The van der Waals surface area contributed by atoms with E-state index in [1.54, 1.807) is 0 Å². The summed E-state index contributed by atoms with van der Waals surface area (Å²) in [5.74, 6) is 1.73. The molecule has 0 aliphatic carbocycles. The molecule has 0 saturated carbocycles. The van der Waals surface area contributed by atoms with Gasteiger partial charge in [-0.1, -0.05) is 20.8 Å². The second-order valence-electron chi connectivity index (χ2n) is 8.24. The summed E-state index contributed by atoms with van der Waals surface area (Å²) in [7, 11) is 2.21. The largest absolute Gasteiger partial charge is 0.357 e. The summed E-state index contributed by atoms with van der Waals surface area (Å²) in [6.45, 7) is 19.3. The number of hydrogen-bond acceptors (Lipinski definition) is 3. The third-order valence-electron chi connectivity index (χ3n) is 5.03. The number of rotatable bonds is 5. The Morgan fingerprint density at radius 2 is 1.87 bits per heavy atom. The van der Waals surface area contributed by atoms with Crippen LogP contribution in [0.3, 0.4) is 0 Å². The lowest BCUT2D eigenvalue weighted by Crippen LogP contribution is -2.46. The SMILES string of the molecule is CCNC(=NCC(C)CN1CCN(C)CC1)N1CCC(C)(C)C1. The second-order valence-corrected chi connectivity index (χ2v) is 8.24. The summed E-state index contributed by atoms with van der Waals surface area (Å²) in [6.07, 6.45) is 1.26. The van der Waals surface area contributed by atoms with Crippen LogP contribution in [0.2, 0.25) is 0 Å². The fourth-order valence-corrected chi connectivity index (χ4v) is 3.49. The molecule has 1 N–H and O–H groups in total. The Hall–Kier alpha value is -0.810. The highest BCUT2D eigenvalue weighted by Gasteiger charge is 2.30. The second kappa shape index (κ2) is 8.34. The first-order valence-electron chi connectivity index (χ1n) is 9.34. The monoisotopic (exact) mass is 323 g/mol. The lowest BCUT2D eigenvalue weighted by Gasteiger charge is -2.33.